The molecule has 0 heterocycles. The molecule has 2 rings (SSSR count). The summed E-state index contributed by atoms with van der Waals surface area (Å²) in [5.74, 6) is -0.904. The van der Waals surface area contributed by atoms with Gasteiger partial charge in [-0.1, -0.05) is 6.42 Å². The van der Waals surface area contributed by atoms with Gasteiger partial charge < -0.3 is 10.0 Å². The topological polar surface area (TPSA) is 57.6 Å². The van der Waals surface area contributed by atoms with Crippen LogP contribution in [0.1, 0.15) is 45.4 Å². The average Bonchev–Trinajstić information content (AvgIpc) is 3.14. The minimum atomic E-state index is -0.739. The zero-order valence-electron chi connectivity index (χ0n) is 10.4. The first-order valence-corrected chi connectivity index (χ1v) is 6.66. The first-order chi connectivity index (χ1) is 8.13. The van der Waals surface area contributed by atoms with Crippen LogP contribution in [0.3, 0.4) is 0 Å². The number of nitrogens with zero attached hydrogens (tertiary/aromatic N) is 1. The van der Waals surface area contributed by atoms with E-state index in [9.17, 15) is 9.59 Å². The molecule has 2 aliphatic carbocycles. The van der Waals surface area contributed by atoms with E-state index in [4.69, 9.17) is 5.11 Å². The Bertz CT molecular complexity index is 312. The third-order valence-corrected chi connectivity index (χ3v) is 3.98. The lowest BCUT2D eigenvalue weighted by Crippen LogP contribution is -2.40. The Morgan fingerprint density at radius 2 is 1.82 bits per heavy atom. The zero-order valence-corrected chi connectivity index (χ0v) is 10.4. The van der Waals surface area contributed by atoms with E-state index in [1.807, 2.05) is 11.8 Å². The quantitative estimate of drug-likeness (QED) is 0.815. The van der Waals surface area contributed by atoms with E-state index in [-0.39, 0.29) is 17.7 Å². The highest BCUT2D eigenvalue weighted by Gasteiger charge is 2.37. The van der Waals surface area contributed by atoms with Gasteiger partial charge in [0.25, 0.3) is 0 Å². The number of hydrogen-bond donors (Lipinski definition) is 1. The van der Waals surface area contributed by atoms with Crippen molar-refractivity contribution in [3.05, 3.63) is 0 Å². The lowest BCUT2D eigenvalue weighted by Gasteiger charge is -2.30. The summed E-state index contributed by atoms with van der Waals surface area (Å²) in [7, 11) is 0. The maximum atomic E-state index is 12.3. The van der Waals surface area contributed by atoms with Gasteiger partial charge in [0, 0.05) is 18.5 Å². The third kappa shape index (κ3) is 2.79. The molecule has 96 valence electrons. The van der Waals surface area contributed by atoms with Crippen LogP contribution in [-0.4, -0.2) is 34.5 Å². The van der Waals surface area contributed by atoms with Crippen LogP contribution in [-0.2, 0) is 9.59 Å². The molecule has 1 amide bonds. The van der Waals surface area contributed by atoms with E-state index in [2.05, 4.69) is 0 Å². The summed E-state index contributed by atoms with van der Waals surface area (Å²) in [6.45, 7) is 2.77. The van der Waals surface area contributed by atoms with Crippen molar-refractivity contribution in [2.45, 2.75) is 51.5 Å². The molecule has 2 aliphatic rings. The standard InChI is InChI=1S/C13H21NO3/c1-2-14(11-6-7-11)12(15)9-4-3-5-10(8-9)13(16)17/h9-11H,2-8H2,1H3,(H,16,17). The minimum Gasteiger partial charge on any atom is -0.481 e. The van der Waals surface area contributed by atoms with E-state index in [1.54, 1.807) is 0 Å². The molecule has 4 nitrogen and oxygen atoms in total. The number of carboxylic acid groups (broad SMARTS) is 1. The Kier molecular flexibility index (Phi) is 3.69. The van der Waals surface area contributed by atoms with Crippen molar-refractivity contribution in [2.24, 2.45) is 11.8 Å². The van der Waals surface area contributed by atoms with E-state index in [0.717, 1.165) is 38.6 Å². The van der Waals surface area contributed by atoms with Gasteiger partial charge in [-0.05, 0) is 39.0 Å². The predicted octanol–water partition coefficient (Wildman–Crippen LogP) is 1.89. The van der Waals surface area contributed by atoms with E-state index in [0.29, 0.717) is 12.5 Å². The molecule has 2 atom stereocenters. The van der Waals surface area contributed by atoms with Crippen molar-refractivity contribution in [2.75, 3.05) is 6.54 Å². The largest absolute Gasteiger partial charge is 0.481 e. The summed E-state index contributed by atoms with van der Waals surface area (Å²) in [4.78, 5) is 25.2. The number of rotatable bonds is 4. The summed E-state index contributed by atoms with van der Waals surface area (Å²) in [6, 6.07) is 0.442. The van der Waals surface area contributed by atoms with Gasteiger partial charge in [-0.25, -0.2) is 0 Å². The zero-order chi connectivity index (χ0) is 12.4. The van der Waals surface area contributed by atoms with E-state index in [1.165, 1.54) is 0 Å². The maximum absolute atomic E-state index is 12.3. The molecule has 0 aromatic rings. The number of amides is 1. The lowest BCUT2D eigenvalue weighted by molar-refractivity contribution is -0.145. The Morgan fingerprint density at radius 1 is 1.18 bits per heavy atom. The fourth-order valence-corrected chi connectivity index (χ4v) is 2.85. The SMILES string of the molecule is CCN(C(=O)C1CCCC(C(=O)O)C1)C1CC1. The van der Waals surface area contributed by atoms with Crippen LogP contribution in [0.4, 0.5) is 0 Å². The molecular formula is C13H21NO3. The van der Waals surface area contributed by atoms with Crippen LogP contribution in [0, 0.1) is 11.8 Å². The second kappa shape index (κ2) is 5.07. The van der Waals surface area contributed by atoms with E-state index < -0.39 is 5.97 Å². The Hall–Kier alpha value is -1.06. The van der Waals surface area contributed by atoms with Crippen LogP contribution in [0.5, 0.6) is 0 Å². The van der Waals surface area contributed by atoms with Crippen molar-refractivity contribution in [3.8, 4) is 0 Å². The molecule has 17 heavy (non-hydrogen) atoms. The molecule has 2 saturated carbocycles. The average molecular weight is 239 g/mol. The van der Waals surface area contributed by atoms with Crippen molar-refractivity contribution < 1.29 is 14.7 Å². The second-order valence-corrected chi connectivity index (χ2v) is 5.25. The Morgan fingerprint density at radius 3 is 2.35 bits per heavy atom. The highest BCUT2D eigenvalue weighted by Crippen LogP contribution is 2.34. The van der Waals surface area contributed by atoms with Gasteiger partial charge in [0.15, 0.2) is 0 Å². The van der Waals surface area contributed by atoms with Crippen molar-refractivity contribution >= 4 is 11.9 Å². The number of carbonyl (C=O) groups is 2. The molecule has 0 aliphatic heterocycles. The molecule has 0 saturated heterocycles. The van der Waals surface area contributed by atoms with Crippen molar-refractivity contribution in [3.63, 3.8) is 0 Å². The minimum absolute atomic E-state index is 0.0506. The molecule has 2 fully saturated rings. The van der Waals surface area contributed by atoms with Gasteiger partial charge in [0.1, 0.15) is 0 Å². The highest BCUT2D eigenvalue weighted by atomic mass is 16.4. The molecular weight excluding hydrogens is 218 g/mol. The van der Waals surface area contributed by atoms with Gasteiger partial charge in [0.2, 0.25) is 5.91 Å². The third-order valence-electron chi connectivity index (χ3n) is 3.98. The van der Waals surface area contributed by atoms with Gasteiger partial charge >= 0.3 is 5.97 Å². The van der Waals surface area contributed by atoms with Crippen LogP contribution >= 0.6 is 0 Å². The van der Waals surface area contributed by atoms with Gasteiger partial charge in [0.05, 0.1) is 5.92 Å². The van der Waals surface area contributed by atoms with Crippen LogP contribution in [0.15, 0.2) is 0 Å². The van der Waals surface area contributed by atoms with Crippen LogP contribution in [0.2, 0.25) is 0 Å². The lowest BCUT2D eigenvalue weighted by atomic mass is 9.80. The molecule has 0 bridgehead atoms. The monoisotopic (exact) mass is 239 g/mol. The summed E-state index contributed by atoms with van der Waals surface area (Å²) in [5, 5.41) is 9.03. The van der Waals surface area contributed by atoms with Crippen molar-refractivity contribution in [1.29, 1.82) is 0 Å². The summed E-state index contributed by atoms with van der Waals surface area (Å²) < 4.78 is 0. The molecule has 0 spiro atoms. The summed E-state index contributed by atoms with van der Waals surface area (Å²) in [5.41, 5.74) is 0. The van der Waals surface area contributed by atoms with Crippen molar-refractivity contribution in [1.82, 2.24) is 4.90 Å². The normalized spacial score (nSPS) is 28.8. The van der Waals surface area contributed by atoms with Gasteiger partial charge in [-0.3, -0.25) is 9.59 Å². The smallest absolute Gasteiger partial charge is 0.306 e. The number of aliphatic carboxylic acids is 1. The first kappa shape index (κ1) is 12.4. The number of carboxylic acids is 1. The molecule has 0 aromatic heterocycles. The van der Waals surface area contributed by atoms with E-state index >= 15 is 0 Å². The fraction of sp³-hybridized carbons (Fsp3) is 0.846. The maximum Gasteiger partial charge on any atom is 0.306 e. The molecule has 0 radical (unpaired) electrons. The molecule has 0 aromatic carbocycles. The first-order valence-electron chi connectivity index (χ1n) is 6.66. The van der Waals surface area contributed by atoms with Crippen LogP contribution < -0.4 is 0 Å². The van der Waals surface area contributed by atoms with Gasteiger partial charge in [-0.15, -0.1) is 0 Å². The van der Waals surface area contributed by atoms with Gasteiger partial charge in [-0.2, -0.15) is 0 Å². The molecule has 4 heteroatoms. The summed E-state index contributed by atoms with van der Waals surface area (Å²) in [6.07, 6.45) is 5.25. The predicted molar refractivity (Wildman–Crippen MR) is 63.5 cm³/mol. The fourth-order valence-electron chi connectivity index (χ4n) is 2.85. The Labute approximate surface area is 102 Å². The second-order valence-electron chi connectivity index (χ2n) is 5.25. The summed E-state index contributed by atoms with van der Waals surface area (Å²) >= 11 is 0. The number of carbonyl (C=O) groups excluding carboxylic acids is 1. The molecule has 2 unspecified atom stereocenters. The Balaban J connectivity index is 1.96. The van der Waals surface area contributed by atoms with Crippen LogP contribution in [0.25, 0.3) is 0 Å². The number of hydrogen-bond acceptors (Lipinski definition) is 2. The molecule has 1 N–H and O–H groups in total. The highest BCUT2D eigenvalue weighted by molar-refractivity contribution is 5.80.